The van der Waals surface area contributed by atoms with Crippen LogP contribution in [-0.2, 0) is 6.42 Å². The third-order valence-corrected chi connectivity index (χ3v) is 2.86. The minimum Gasteiger partial charge on any atom is -0.316 e. The van der Waals surface area contributed by atoms with Crippen LogP contribution >= 0.6 is 12.4 Å². The van der Waals surface area contributed by atoms with E-state index >= 15 is 0 Å². The lowest BCUT2D eigenvalue weighted by atomic mass is 9.88. The van der Waals surface area contributed by atoms with Crippen molar-refractivity contribution in [3.63, 3.8) is 0 Å². The van der Waals surface area contributed by atoms with Gasteiger partial charge in [0.15, 0.2) is 0 Å². The maximum Gasteiger partial charge on any atom is 0.117 e. The molecule has 1 nitrogen and oxygen atoms in total. The van der Waals surface area contributed by atoms with Gasteiger partial charge in [-0.25, -0.2) is 4.39 Å². The summed E-state index contributed by atoms with van der Waals surface area (Å²) in [7, 11) is 0. The Labute approximate surface area is 96.5 Å². The summed E-state index contributed by atoms with van der Waals surface area (Å²) in [6.45, 7) is 1.62. The van der Waals surface area contributed by atoms with Gasteiger partial charge in [-0.3, -0.25) is 0 Å². The standard InChI is InChI=1S/C12H16FN.ClH/c13-12(6-8-14-9-7-12)10-11-4-2-1-3-5-11;/h1-5,14H,6-10H2;1H. The van der Waals surface area contributed by atoms with E-state index in [1.165, 1.54) is 0 Å². The minimum atomic E-state index is -0.980. The Hall–Kier alpha value is -0.600. The summed E-state index contributed by atoms with van der Waals surface area (Å²) in [5.41, 5.74) is 0.129. The number of rotatable bonds is 2. The van der Waals surface area contributed by atoms with Gasteiger partial charge in [-0.1, -0.05) is 30.3 Å². The second kappa shape index (κ2) is 5.47. The average Bonchev–Trinajstić information content (AvgIpc) is 2.19. The second-order valence-electron chi connectivity index (χ2n) is 4.06. The van der Waals surface area contributed by atoms with Gasteiger partial charge in [0.1, 0.15) is 5.67 Å². The molecule has 0 aliphatic carbocycles. The zero-order valence-electron chi connectivity index (χ0n) is 8.71. The minimum absolute atomic E-state index is 0. The molecule has 1 aromatic rings. The molecule has 84 valence electrons. The van der Waals surface area contributed by atoms with Crippen LogP contribution in [0.25, 0.3) is 0 Å². The van der Waals surface area contributed by atoms with Gasteiger partial charge in [-0.15, -0.1) is 12.4 Å². The quantitative estimate of drug-likeness (QED) is 0.823. The molecule has 0 bridgehead atoms. The number of alkyl halides is 1. The molecule has 0 amide bonds. The summed E-state index contributed by atoms with van der Waals surface area (Å²) >= 11 is 0. The van der Waals surface area contributed by atoms with Crippen LogP contribution in [0.5, 0.6) is 0 Å². The van der Waals surface area contributed by atoms with E-state index in [0.29, 0.717) is 19.3 Å². The molecule has 0 spiro atoms. The summed E-state index contributed by atoms with van der Waals surface area (Å²) in [5, 5.41) is 3.19. The summed E-state index contributed by atoms with van der Waals surface area (Å²) in [4.78, 5) is 0. The van der Waals surface area contributed by atoms with Crippen molar-refractivity contribution in [1.29, 1.82) is 0 Å². The molecule has 1 saturated heterocycles. The molecular formula is C12H17ClFN. The SMILES string of the molecule is Cl.FC1(Cc2ccccc2)CCNCC1. The number of benzene rings is 1. The van der Waals surface area contributed by atoms with Gasteiger partial charge in [0, 0.05) is 6.42 Å². The summed E-state index contributed by atoms with van der Waals surface area (Å²) < 4.78 is 14.2. The van der Waals surface area contributed by atoms with Crippen LogP contribution in [0.3, 0.4) is 0 Å². The van der Waals surface area contributed by atoms with E-state index in [-0.39, 0.29) is 12.4 Å². The van der Waals surface area contributed by atoms with Crippen molar-refractivity contribution in [3.05, 3.63) is 35.9 Å². The number of hydrogen-bond donors (Lipinski definition) is 1. The molecule has 1 aromatic carbocycles. The van der Waals surface area contributed by atoms with Crippen LogP contribution in [0.1, 0.15) is 18.4 Å². The van der Waals surface area contributed by atoms with E-state index in [1.807, 2.05) is 30.3 Å². The molecule has 3 heteroatoms. The third kappa shape index (κ3) is 3.47. The Kier molecular flexibility index (Phi) is 4.55. The van der Waals surface area contributed by atoms with Crippen LogP contribution in [0, 0.1) is 0 Å². The first kappa shape index (κ1) is 12.5. The fourth-order valence-electron chi connectivity index (χ4n) is 2.01. The normalized spacial score (nSPS) is 19.3. The van der Waals surface area contributed by atoms with Crippen molar-refractivity contribution in [2.24, 2.45) is 0 Å². The van der Waals surface area contributed by atoms with Gasteiger partial charge in [0.25, 0.3) is 0 Å². The Morgan fingerprint density at radius 2 is 1.73 bits per heavy atom. The first-order valence-electron chi connectivity index (χ1n) is 5.22. The first-order chi connectivity index (χ1) is 6.79. The molecule has 1 heterocycles. The van der Waals surface area contributed by atoms with E-state index in [1.54, 1.807) is 0 Å². The summed E-state index contributed by atoms with van der Waals surface area (Å²) in [6, 6.07) is 9.92. The van der Waals surface area contributed by atoms with Crippen LogP contribution in [0.15, 0.2) is 30.3 Å². The van der Waals surface area contributed by atoms with Gasteiger partial charge in [0.2, 0.25) is 0 Å². The fourth-order valence-corrected chi connectivity index (χ4v) is 2.01. The zero-order chi connectivity index (χ0) is 9.86. The Balaban J connectivity index is 0.00000112. The van der Waals surface area contributed by atoms with Crippen molar-refractivity contribution >= 4 is 12.4 Å². The van der Waals surface area contributed by atoms with Crippen molar-refractivity contribution in [2.75, 3.05) is 13.1 Å². The molecule has 1 aliphatic heterocycles. The molecule has 0 unspecified atom stereocenters. The predicted octanol–water partition coefficient (Wildman–Crippen LogP) is 2.74. The molecule has 0 saturated carbocycles. The molecule has 0 atom stereocenters. The van der Waals surface area contributed by atoms with Crippen molar-refractivity contribution < 1.29 is 4.39 Å². The van der Waals surface area contributed by atoms with E-state index in [0.717, 1.165) is 18.7 Å². The van der Waals surface area contributed by atoms with E-state index < -0.39 is 5.67 Å². The van der Waals surface area contributed by atoms with Crippen molar-refractivity contribution in [3.8, 4) is 0 Å². The van der Waals surface area contributed by atoms with Crippen LogP contribution in [0.2, 0.25) is 0 Å². The van der Waals surface area contributed by atoms with Crippen molar-refractivity contribution in [2.45, 2.75) is 24.9 Å². The van der Waals surface area contributed by atoms with Crippen LogP contribution in [-0.4, -0.2) is 18.8 Å². The smallest absolute Gasteiger partial charge is 0.117 e. The highest BCUT2D eigenvalue weighted by Gasteiger charge is 2.31. The highest BCUT2D eigenvalue weighted by Crippen LogP contribution is 2.27. The molecule has 1 fully saturated rings. The maximum absolute atomic E-state index is 14.2. The number of halogens is 2. The second-order valence-corrected chi connectivity index (χ2v) is 4.06. The van der Waals surface area contributed by atoms with E-state index in [2.05, 4.69) is 5.32 Å². The number of piperidine rings is 1. The Morgan fingerprint density at radius 1 is 1.13 bits per heavy atom. The van der Waals surface area contributed by atoms with Crippen LogP contribution in [0.4, 0.5) is 4.39 Å². The molecule has 1 aliphatic rings. The third-order valence-electron chi connectivity index (χ3n) is 2.86. The topological polar surface area (TPSA) is 12.0 Å². The van der Waals surface area contributed by atoms with Gasteiger partial charge in [0.05, 0.1) is 0 Å². The maximum atomic E-state index is 14.2. The van der Waals surface area contributed by atoms with Gasteiger partial charge in [-0.05, 0) is 31.5 Å². The largest absolute Gasteiger partial charge is 0.316 e. The number of nitrogens with one attached hydrogen (secondary N) is 1. The zero-order valence-corrected chi connectivity index (χ0v) is 9.52. The molecule has 0 radical (unpaired) electrons. The lowest BCUT2D eigenvalue weighted by molar-refractivity contribution is 0.116. The van der Waals surface area contributed by atoms with Gasteiger partial charge in [-0.2, -0.15) is 0 Å². The Bertz CT molecular complexity index is 283. The lowest BCUT2D eigenvalue weighted by Gasteiger charge is -2.30. The summed E-state index contributed by atoms with van der Waals surface area (Å²) in [6.07, 6.45) is 1.85. The first-order valence-corrected chi connectivity index (χ1v) is 5.22. The highest BCUT2D eigenvalue weighted by atomic mass is 35.5. The van der Waals surface area contributed by atoms with Crippen molar-refractivity contribution in [1.82, 2.24) is 5.32 Å². The predicted molar refractivity (Wildman–Crippen MR) is 63.3 cm³/mol. The highest BCUT2D eigenvalue weighted by molar-refractivity contribution is 5.85. The molecule has 2 rings (SSSR count). The Morgan fingerprint density at radius 3 is 2.33 bits per heavy atom. The van der Waals surface area contributed by atoms with Gasteiger partial charge < -0.3 is 5.32 Å². The van der Waals surface area contributed by atoms with Gasteiger partial charge >= 0.3 is 0 Å². The lowest BCUT2D eigenvalue weighted by Crippen LogP contribution is -2.40. The van der Waals surface area contributed by atoms with E-state index in [9.17, 15) is 4.39 Å². The fraction of sp³-hybridized carbons (Fsp3) is 0.500. The van der Waals surface area contributed by atoms with Crippen LogP contribution < -0.4 is 5.32 Å². The molecule has 1 N–H and O–H groups in total. The monoisotopic (exact) mass is 229 g/mol. The molecular weight excluding hydrogens is 213 g/mol. The van der Waals surface area contributed by atoms with E-state index in [4.69, 9.17) is 0 Å². The molecule has 15 heavy (non-hydrogen) atoms. The summed E-state index contributed by atoms with van der Waals surface area (Å²) in [5.74, 6) is 0. The number of hydrogen-bond acceptors (Lipinski definition) is 1. The molecule has 0 aromatic heterocycles. The average molecular weight is 230 g/mol.